The predicted octanol–water partition coefficient (Wildman–Crippen LogP) is 0.482. The van der Waals surface area contributed by atoms with Crippen LogP contribution in [-0.4, -0.2) is 32.8 Å². The molecule has 1 aliphatic carbocycles. The van der Waals surface area contributed by atoms with Crippen molar-refractivity contribution in [3.8, 4) is 0 Å². The fourth-order valence-electron chi connectivity index (χ4n) is 3.55. The summed E-state index contributed by atoms with van der Waals surface area (Å²) in [4.78, 5) is 37.5. The fraction of sp³-hybridized carbons (Fsp3) is 0.412. The van der Waals surface area contributed by atoms with E-state index in [-0.39, 0.29) is 6.61 Å². The molecule has 0 bridgehead atoms. The van der Waals surface area contributed by atoms with Gasteiger partial charge in [-0.2, -0.15) is 5.10 Å². The Morgan fingerprint density at radius 2 is 1.92 bits per heavy atom. The molecule has 25 heavy (non-hydrogen) atoms. The number of carbonyl (C=O) groups excluding carboxylic acids is 1. The van der Waals surface area contributed by atoms with Gasteiger partial charge in [0.05, 0.1) is 12.6 Å². The molecule has 1 saturated carbocycles. The number of aromatic nitrogens is 3. The highest BCUT2D eigenvalue weighted by molar-refractivity contribution is 5.92. The molecular weight excluding hydrogens is 324 g/mol. The van der Waals surface area contributed by atoms with Crippen LogP contribution in [0.1, 0.15) is 47.8 Å². The zero-order valence-corrected chi connectivity index (χ0v) is 13.6. The van der Waals surface area contributed by atoms with Crippen molar-refractivity contribution in [1.82, 2.24) is 20.5 Å². The summed E-state index contributed by atoms with van der Waals surface area (Å²) in [6.07, 6.45) is 3.49. The van der Waals surface area contributed by atoms with E-state index in [0.717, 1.165) is 31.2 Å². The number of nitrogens with zero attached hydrogens (tertiary/aromatic N) is 1. The molecule has 1 unspecified atom stereocenters. The van der Waals surface area contributed by atoms with Gasteiger partial charge in [-0.15, -0.1) is 0 Å². The second-order valence-electron chi connectivity index (χ2n) is 6.40. The zero-order chi connectivity index (χ0) is 17.9. The number of hydrogen-bond donors (Lipinski definition) is 4. The maximum absolute atomic E-state index is 12.6. The summed E-state index contributed by atoms with van der Waals surface area (Å²) in [5, 5.41) is 18.5. The summed E-state index contributed by atoms with van der Waals surface area (Å²) in [5.74, 6) is -0.689. The molecule has 1 atom stereocenters. The third-order valence-corrected chi connectivity index (χ3v) is 4.86. The molecule has 1 fully saturated rings. The minimum atomic E-state index is -0.850. The van der Waals surface area contributed by atoms with Crippen molar-refractivity contribution in [2.45, 2.75) is 31.7 Å². The van der Waals surface area contributed by atoms with Crippen molar-refractivity contribution in [3.63, 3.8) is 0 Å². The Hall–Kier alpha value is -2.74. The third kappa shape index (κ3) is 3.39. The second-order valence-corrected chi connectivity index (χ2v) is 6.40. The molecular formula is C17H20N4O4. The molecule has 4 N–H and O–H groups in total. The molecule has 2 aromatic rings. The Labute approximate surface area is 143 Å². The summed E-state index contributed by atoms with van der Waals surface area (Å²) in [6, 6.07) is 8.90. The number of benzene rings is 1. The average Bonchev–Trinajstić information content (AvgIpc) is 3.10. The minimum Gasteiger partial charge on any atom is -0.396 e. The molecule has 8 heteroatoms. The third-order valence-electron chi connectivity index (χ3n) is 4.86. The van der Waals surface area contributed by atoms with Crippen molar-refractivity contribution in [2.24, 2.45) is 5.41 Å². The van der Waals surface area contributed by atoms with Crippen molar-refractivity contribution < 1.29 is 9.90 Å². The number of aliphatic hydroxyl groups is 1. The van der Waals surface area contributed by atoms with Crippen molar-refractivity contribution in [1.29, 1.82) is 0 Å². The Morgan fingerprint density at radius 1 is 1.24 bits per heavy atom. The highest BCUT2D eigenvalue weighted by atomic mass is 16.3. The molecule has 3 rings (SSSR count). The molecule has 132 valence electrons. The van der Waals surface area contributed by atoms with Gasteiger partial charge in [0.2, 0.25) is 5.69 Å². The zero-order valence-electron chi connectivity index (χ0n) is 13.6. The van der Waals surface area contributed by atoms with Crippen molar-refractivity contribution >= 4 is 5.91 Å². The summed E-state index contributed by atoms with van der Waals surface area (Å²) in [7, 11) is 0. The van der Waals surface area contributed by atoms with Gasteiger partial charge in [-0.3, -0.25) is 14.6 Å². The van der Waals surface area contributed by atoms with E-state index in [1.807, 2.05) is 35.3 Å². The molecule has 1 aromatic heterocycles. The highest BCUT2D eigenvalue weighted by Crippen LogP contribution is 2.47. The van der Waals surface area contributed by atoms with Crippen LogP contribution in [0.15, 0.2) is 39.9 Å². The predicted molar refractivity (Wildman–Crippen MR) is 90.1 cm³/mol. The van der Waals surface area contributed by atoms with Crippen LogP contribution in [0, 0.1) is 5.41 Å². The smallest absolute Gasteiger partial charge is 0.342 e. The van der Waals surface area contributed by atoms with Crippen LogP contribution in [-0.2, 0) is 0 Å². The van der Waals surface area contributed by atoms with Gasteiger partial charge in [0.1, 0.15) is 0 Å². The molecule has 0 spiro atoms. The summed E-state index contributed by atoms with van der Waals surface area (Å²) in [6.45, 7) is -0.0672. The monoisotopic (exact) mass is 344 g/mol. The lowest BCUT2D eigenvalue weighted by Crippen LogP contribution is -2.44. The Balaban J connectivity index is 1.96. The van der Waals surface area contributed by atoms with Gasteiger partial charge in [0.15, 0.2) is 0 Å². The number of carbonyl (C=O) groups is 1. The number of aliphatic hydroxyl groups excluding tert-OH is 1. The standard InChI is InChI=1S/C17H20N4O4/c22-10-17(8-4-5-9-17)13(11-6-2-1-3-7-11)18-14(23)12-15(24)19-16(25)21-20-12/h1-3,6-7,13,22H,4-5,8-10H2,(H,18,23)(H2,19,21,24,25). The number of H-pyrrole nitrogens is 2. The first-order valence-electron chi connectivity index (χ1n) is 8.21. The molecule has 1 aliphatic rings. The summed E-state index contributed by atoms with van der Waals surface area (Å²) in [5.41, 5.74) is -1.66. The fourth-order valence-corrected chi connectivity index (χ4v) is 3.55. The lowest BCUT2D eigenvalue weighted by atomic mass is 9.76. The van der Waals surface area contributed by atoms with Crippen molar-refractivity contribution in [2.75, 3.05) is 6.61 Å². The maximum atomic E-state index is 12.6. The van der Waals surface area contributed by atoms with E-state index in [2.05, 4.69) is 15.5 Å². The van der Waals surface area contributed by atoms with Gasteiger partial charge in [0.25, 0.3) is 11.5 Å². The Kier molecular flexibility index (Phi) is 4.80. The van der Waals surface area contributed by atoms with E-state index in [1.54, 1.807) is 0 Å². The van der Waals surface area contributed by atoms with Gasteiger partial charge >= 0.3 is 5.69 Å². The lowest BCUT2D eigenvalue weighted by molar-refractivity contribution is 0.0693. The molecule has 1 heterocycles. The van der Waals surface area contributed by atoms with Crippen molar-refractivity contribution in [3.05, 3.63) is 62.4 Å². The van der Waals surface area contributed by atoms with Gasteiger partial charge < -0.3 is 10.4 Å². The first kappa shape index (κ1) is 17.1. The SMILES string of the molecule is O=C(NC(c1ccccc1)C1(CO)CCCC1)c1n[nH]c(=O)[nH]c1=O. The normalized spacial score (nSPS) is 17.2. The first-order chi connectivity index (χ1) is 12.1. The van der Waals surface area contributed by atoms with Crippen LogP contribution in [0.25, 0.3) is 0 Å². The highest BCUT2D eigenvalue weighted by Gasteiger charge is 2.42. The van der Waals surface area contributed by atoms with E-state index in [1.165, 1.54) is 0 Å². The molecule has 0 saturated heterocycles. The molecule has 8 nitrogen and oxygen atoms in total. The summed E-state index contributed by atoms with van der Waals surface area (Å²) >= 11 is 0. The maximum Gasteiger partial charge on any atom is 0.342 e. The van der Waals surface area contributed by atoms with E-state index in [9.17, 15) is 19.5 Å². The van der Waals surface area contributed by atoms with E-state index >= 15 is 0 Å². The lowest BCUT2D eigenvalue weighted by Gasteiger charge is -2.36. The van der Waals surface area contributed by atoms with Crippen LogP contribution < -0.4 is 16.6 Å². The van der Waals surface area contributed by atoms with E-state index in [4.69, 9.17) is 0 Å². The number of nitrogens with one attached hydrogen (secondary N) is 3. The van der Waals surface area contributed by atoms with E-state index in [0.29, 0.717) is 0 Å². The molecule has 1 amide bonds. The largest absolute Gasteiger partial charge is 0.396 e. The van der Waals surface area contributed by atoms with Gasteiger partial charge in [-0.1, -0.05) is 43.2 Å². The minimum absolute atomic E-state index is 0.0672. The molecule has 0 aliphatic heterocycles. The Morgan fingerprint density at radius 3 is 2.52 bits per heavy atom. The van der Waals surface area contributed by atoms with Crippen LogP contribution in [0.5, 0.6) is 0 Å². The number of rotatable bonds is 5. The van der Waals surface area contributed by atoms with Gasteiger partial charge in [0, 0.05) is 5.41 Å². The topological polar surface area (TPSA) is 128 Å². The first-order valence-corrected chi connectivity index (χ1v) is 8.21. The number of hydrogen-bond acceptors (Lipinski definition) is 5. The van der Waals surface area contributed by atoms with Crippen LogP contribution >= 0.6 is 0 Å². The quantitative estimate of drug-likeness (QED) is 0.627. The molecule has 0 radical (unpaired) electrons. The number of amides is 1. The molecule has 1 aromatic carbocycles. The van der Waals surface area contributed by atoms with E-state index < -0.39 is 34.3 Å². The number of aromatic amines is 2. The van der Waals surface area contributed by atoms with Crippen LogP contribution in [0.3, 0.4) is 0 Å². The van der Waals surface area contributed by atoms with Crippen LogP contribution in [0.4, 0.5) is 0 Å². The van der Waals surface area contributed by atoms with Gasteiger partial charge in [-0.25, -0.2) is 9.89 Å². The van der Waals surface area contributed by atoms with Gasteiger partial charge in [-0.05, 0) is 18.4 Å². The second kappa shape index (κ2) is 7.02. The van der Waals surface area contributed by atoms with Crippen LogP contribution in [0.2, 0.25) is 0 Å². The Bertz CT molecular complexity index is 853. The average molecular weight is 344 g/mol. The summed E-state index contributed by atoms with van der Waals surface area (Å²) < 4.78 is 0.